The van der Waals surface area contributed by atoms with Gasteiger partial charge >= 0.3 is 11.9 Å². The fraction of sp³-hybridized carbons (Fsp3) is 0.875. The Morgan fingerprint density at radius 2 is 0.857 bits per heavy atom. The van der Waals surface area contributed by atoms with Crippen LogP contribution < -0.4 is 0 Å². The highest BCUT2D eigenvalue weighted by Gasteiger charge is 2.11. The van der Waals surface area contributed by atoms with Gasteiger partial charge in [0.05, 0.1) is 35.5 Å². The maximum atomic E-state index is 10.7. The SMILES string of the molecule is CC(C)OC(=O)C(C)C.CC(C)OC(=O)C(C)C.O=S(=O)(O)CCS(=O)(=O)O. The summed E-state index contributed by atoms with van der Waals surface area (Å²) in [5.41, 5.74) is 0. The first kappa shape index (κ1) is 31.5. The summed E-state index contributed by atoms with van der Waals surface area (Å²) in [5.74, 6) is -2.22. The van der Waals surface area contributed by atoms with Gasteiger partial charge in [0.15, 0.2) is 0 Å². The van der Waals surface area contributed by atoms with Gasteiger partial charge in [-0.25, -0.2) is 0 Å². The Morgan fingerprint density at radius 3 is 0.929 bits per heavy atom. The van der Waals surface area contributed by atoms with Crippen LogP contribution in [0.5, 0.6) is 0 Å². The highest BCUT2D eigenvalue weighted by Crippen LogP contribution is 1.99. The number of carbonyl (C=O) groups is 2. The molecule has 12 heteroatoms. The van der Waals surface area contributed by atoms with E-state index in [-0.39, 0.29) is 36.0 Å². The molecule has 0 spiro atoms. The molecule has 2 N–H and O–H groups in total. The largest absolute Gasteiger partial charge is 0.463 e. The highest BCUT2D eigenvalue weighted by molar-refractivity contribution is 7.89. The number of rotatable bonds is 7. The van der Waals surface area contributed by atoms with Crippen LogP contribution in [0.1, 0.15) is 55.4 Å². The van der Waals surface area contributed by atoms with Crippen LogP contribution in [-0.4, -0.2) is 61.6 Å². The van der Waals surface area contributed by atoms with Crippen molar-refractivity contribution in [3.8, 4) is 0 Å². The maximum absolute atomic E-state index is 10.7. The molecule has 0 aromatic heterocycles. The van der Waals surface area contributed by atoms with Gasteiger partial charge in [0, 0.05) is 0 Å². The van der Waals surface area contributed by atoms with Gasteiger partial charge in [-0.3, -0.25) is 18.7 Å². The van der Waals surface area contributed by atoms with Crippen molar-refractivity contribution in [1.82, 2.24) is 0 Å². The van der Waals surface area contributed by atoms with Crippen molar-refractivity contribution in [2.45, 2.75) is 67.6 Å². The Hall–Kier alpha value is -1.24. The molecular weight excluding hydrogens is 416 g/mol. The lowest BCUT2D eigenvalue weighted by molar-refractivity contribution is -0.152. The van der Waals surface area contributed by atoms with Crippen molar-refractivity contribution < 1.29 is 45.0 Å². The molecule has 0 saturated carbocycles. The lowest BCUT2D eigenvalue weighted by atomic mass is 10.2. The molecule has 0 fully saturated rings. The summed E-state index contributed by atoms with van der Waals surface area (Å²) < 4.78 is 65.1. The zero-order valence-corrected chi connectivity index (χ0v) is 19.3. The van der Waals surface area contributed by atoms with Crippen LogP contribution in [0, 0.1) is 11.8 Å². The topological polar surface area (TPSA) is 161 Å². The van der Waals surface area contributed by atoms with Gasteiger partial charge in [-0.05, 0) is 27.7 Å². The molecule has 10 nitrogen and oxygen atoms in total. The van der Waals surface area contributed by atoms with Crippen LogP contribution in [-0.2, 0) is 39.3 Å². The number of carbonyl (C=O) groups excluding carboxylic acids is 2. The van der Waals surface area contributed by atoms with Gasteiger partial charge in [-0.2, -0.15) is 16.8 Å². The minimum absolute atomic E-state index is 0.00704. The Kier molecular flexibility index (Phi) is 16.5. The fourth-order valence-corrected chi connectivity index (χ4v) is 2.63. The molecule has 0 rings (SSSR count). The molecule has 0 aromatic rings. The van der Waals surface area contributed by atoms with Crippen LogP contribution in [0.25, 0.3) is 0 Å². The Bertz CT molecular complexity index is 589. The molecule has 170 valence electrons. The Morgan fingerprint density at radius 1 is 0.643 bits per heavy atom. The predicted molar refractivity (Wildman–Crippen MR) is 105 cm³/mol. The predicted octanol–water partition coefficient (Wildman–Crippen LogP) is 1.95. The molecule has 0 bridgehead atoms. The van der Waals surface area contributed by atoms with E-state index in [0.717, 1.165) is 0 Å². The molecule has 28 heavy (non-hydrogen) atoms. The van der Waals surface area contributed by atoms with Gasteiger partial charge in [-0.1, -0.05) is 27.7 Å². The van der Waals surface area contributed by atoms with Crippen LogP contribution in [0.2, 0.25) is 0 Å². The molecular formula is C16H34O10S2. The minimum atomic E-state index is -4.30. The van der Waals surface area contributed by atoms with Crippen molar-refractivity contribution in [2.24, 2.45) is 11.8 Å². The van der Waals surface area contributed by atoms with E-state index in [0.29, 0.717) is 0 Å². The average Bonchev–Trinajstić information content (AvgIpc) is 2.43. The zero-order chi connectivity index (χ0) is 23.3. The Balaban J connectivity index is -0.000000336. The zero-order valence-electron chi connectivity index (χ0n) is 17.7. The van der Waals surface area contributed by atoms with Crippen LogP contribution in [0.15, 0.2) is 0 Å². The van der Waals surface area contributed by atoms with E-state index in [1.807, 2.05) is 55.4 Å². The van der Waals surface area contributed by atoms with Gasteiger partial charge in [0.2, 0.25) is 0 Å². The van der Waals surface area contributed by atoms with Crippen molar-refractivity contribution in [3.05, 3.63) is 0 Å². The molecule has 0 unspecified atom stereocenters. The van der Waals surface area contributed by atoms with E-state index in [4.69, 9.17) is 18.6 Å². The summed E-state index contributed by atoms with van der Waals surface area (Å²) in [6.45, 7) is 14.7. The minimum Gasteiger partial charge on any atom is -0.463 e. The van der Waals surface area contributed by atoms with Crippen molar-refractivity contribution in [1.29, 1.82) is 0 Å². The first-order valence-corrected chi connectivity index (χ1v) is 11.8. The summed E-state index contributed by atoms with van der Waals surface area (Å²) >= 11 is 0. The smallest absolute Gasteiger partial charge is 0.308 e. The average molecular weight is 451 g/mol. The third kappa shape index (κ3) is 29.5. The number of hydrogen-bond acceptors (Lipinski definition) is 8. The standard InChI is InChI=1S/2C7H14O2.C2H6O6S2/c2*1-5(2)7(8)9-6(3)4;3-9(4,5)1-2-10(6,7)8/h2*5-6H,1-4H3;1-2H2,(H,3,4,5)(H,6,7,8). The quantitative estimate of drug-likeness (QED) is 0.433. The summed E-state index contributed by atoms with van der Waals surface area (Å²) in [5, 5.41) is 0. The monoisotopic (exact) mass is 450 g/mol. The van der Waals surface area contributed by atoms with E-state index >= 15 is 0 Å². The van der Waals surface area contributed by atoms with Gasteiger partial charge in [-0.15, -0.1) is 0 Å². The molecule has 0 atom stereocenters. The lowest BCUT2D eigenvalue weighted by Crippen LogP contribution is -2.16. The number of hydrogen-bond donors (Lipinski definition) is 2. The Labute approximate surface area is 168 Å². The van der Waals surface area contributed by atoms with E-state index in [1.54, 1.807) is 0 Å². The molecule has 0 aliphatic heterocycles. The van der Waals surface area contributed by atoms with E-state index in [2.05, 4.69) is 0 Å². The summed E-state index contributed by atoms with van der Waals surface area (Å²) in [6, 6.07) is 0. The maximum Gasteiger partial charge on any atom is 0.308 e. The highest BCUT2D eigenvalue weighted by atomic mass is 32.2. The first-order valence-electron chi connectivity index (χ1n) is 8.59. The van der Waals surface area contributed by atoms with Crippen molar-refractivity contribution >= 4 is 32.2 Å². The second kappa shape index (κ2) is 14.7. The molecule has 0 radical (unpaired) electrons. The molecule has 0 aliphatic rings. The van der Waals surface area contributed by atoms with Gasteiger partial charge in [0.25, 0.3) is 20.2 Å². The van der Waals surface area contributed by atoms with E-state index in [9.17, 15) is 26.4 Å². The lowest BCUT2D eigenvalue weighted by Gasteiger charge is -2.08. The second-order valence-electron chi connectivity index (χ2n) is 6.85. The summed E-state index contributed by atoms with van der Waals surface area (Å²) in [7, 11) is -8.59. The summed E-state index contributed by atoms with van der Waals surface area (Å²) in [6.07, 6.45) is 0.0276. The molecule has 0 aromatic carbocycles. The summed E-state index contributed by atoms with van der Waals surface area (Å²) in [4.78, 5) is 21.5. The molecule has 0 aliphatic carbocycles. The first-order chi connectivity index (χ1) is 12.3. The number of esters is 2. The van der Waals surface area contributed by atoms with Crippen LogP contribution in [0.4, 0.5) is 0 Å². The normalized spacial score (nSPS) is 11.5. The second-order valence-corrected chi connectivity index (χ2v) is 10.00. The number of ether oxygens (including phenoxy) is 2. The van der Waals surface area contributed by atoms with Crippen molar-refractivity contribution in [3.63, 3.8) is 0 Å². The van der Waals surface area contributed by atoms with Crippen molar-refractivity contribution in [2.75, 3.05) is 11.5 Å². The van der Waals surface area contributed by atoms with E-state index < -0.39 is 31.7 Å². The third-order valence-corrected chi connectivity index (χ3v) is 3.94. The van der Waals surface area contributed by atoms with E-state index in [1.165, 1.54) is 0 Å². The van der Waals surface area contributed by atoms with Crippen LogP contribution in [0.3, 0.4) is 0 Å². The van der Waals surface area contributed by atoms with Gasteiger partial charge in [0.1, 0.15) is 0 Å². The molecule has 0 saturated heterocycles. The third-order valence-electron chi connectivity index (χ3n) is 2.25. The van der Waals surface area contributed by atoms with Gasteiger partial charge < -0.3 is 9.47 Å². The van der Waals surface area contributed by atoms with Crippen LogP contribution >= 0.6 is 0 Å². The fourth-order valence-electron chi connectivity index (χ4n) is 0.947. The molecule has 0 amide bonds. The molecule has 0 heterocycles.